The van der Waals surface area contributed by atoms with E-state index < -0.39 is 116 Å². The molecule has 9 amide bonds. The van der Waals surface area contributed by atoms with E-state index in [9.17, 15) is 58.2 Å². The van der Waals surface area contributed by atoms with Crippen molar-refractivity contribution in [1.29, 1.82) is 0 Å². The molecule has 30 heteroatoms. The number of phenols is 1. The number of likely N-dealkylation sites (tertiary alicyclic amines) is 1. The highest BCUT2D eigenvalue weighted by Gasteiger charge is 2.52. The number of anilines is 3. The highest BCUT2D eigenvalue weighted by atomic mass is 16.7. The van der Waals surface area contributed by atoms with E-state index in [1.54, 1.807) is 62.4 Å². The van der Waals surface area contributed by atoms with E-state index in [2.05, 4.69) is 45.7 Å². The Morgan fingerprint density at radius 1 is 0.901 bits per heavy atom. The minimum absolute atomic E-state index is 0.0358. The molecule has 10 atom stereocenters. The Hall–Kier alpha value is -10.5. The van der Waals surface area contributed by atoms with Crippen LogP contribution in [0.3, 0.4) is 0 Å². The summed E-state index contributed by atoms with van der Waals surface area (Å²) in [6.07, 6.45) is 12.4. The van der Waals surface area contributed by atoms with Crippen LogP contribution < -0.4 is 63.3 Å². The first-order chi connectivity index (χ1) is 52.7. The molecular formula is C81H103BN10O19. The van der Waals surface area contributed by atoms with Gasteiger partial charge in [-0.05, 0) is 126 Å². The molecule has 1 saturated carbocycles. The van der Waals surface area contributed by atoms with Crippen LogP contribution in [0.25, 0.3) is 38.7 Å². The molecule has 0 spiro atoms. The number of phenolic OH excluding ortho intramolecular Hbond substituents is 1. The lowest BCUT2D eigenvalue weighted by atomic mass is 9.60. The molecule has 29 nitrogen and oxygen atoms in total. The van der Waals surface area contributed by atoms with E-state index in [4.69, 9.17) is 46.7 Å². The van der Waals surface area contributed by atoms with Gasteiger partial charge in [0, 0.05) is 118 Å². The Bertz CT molecular complexity index is 4700. The molecule has 5 bridgehead atoms. The van der Waals surface area contributed by atoms with Crippen LogP contribution in [-0.4, -0.2) is 151 Å². The van der Waals surface area contributed by atoms with E-state index in [1.807, 2.05) is 31.7 Å². The fourth-order valence-electron chi connectivity index (χ4n) is 15.6. The molecule has 10 rings (SSSR count). The number of carbonyl (C=O) groups excluding carboxylic acids is 9. The number of alkyl carbamates (subject to hydrolysis) is 1. The largest absolute Gasteiger partial charge is 0.507 e. The fourth-order valence-corrected chi connectivity index (χ4v) is 15.6. The van der Waals surface area contributed by atoms with Gasteiger partial charge < -0.3 is 80.8 Å². The number of ether oxygens (including phenoxy) is 5. The molecule has 4 aliphatic heterocycles. The maximum absolute atomic E-state index is 15.2. The maximum Gasteiger partial charge on any atom is 0.407 e. The number of nitrogens with zero attached hydrogens (tertiary/aromatic N) is 3. The van der Waals surface area contributed by atoms with Crippen molar-refractivity contribution < 1.29 is 81.5 Å². The van der Waals surface area contributed by atoms with Crippen molar-refractivity contribution in [2.75, 3.05) is 55.4 Å². The molecule has 594 valence electrons. The number of methoxy groups -OCH3 is 1. The SMILES string of the molecule is [B]C(C)(CC)C1CC(=O)N(CCCCCNC(=O)C2(C(=O)N[C@@H](CCCNC(N)=O)C(=O)Nc3ccc(COC(=O)NC4CCN(c5cc(=O)c6nc7c(oc6c5)c5c(=O)c6c(O)c(C)c8c(c67)=C(O)[C@@](C)(O/C=C/[C@H](OC)[C@@H](C)[C@@H](OC(C)=O)[C@H](C)C[C@H](C)C[C@@H](C)/C=C/C=C(/C)C(=O)N5)O8)CC4)cc3)CCC2)C1=O. The molecule has 2 unspecified atom stereocenters. The Morgan fingerprint density at radius 3 is 2.28 bits per heavy atom. The fraction of sp³-hybridized carbons (Fsp3) is 0.531. The number of rotatable bonds is 23. The van der Waals surface area contributed by atoms with Crippen molar-refractivity contribution in [3.8, 4) is 11.5 Å². The number of hydrogen-bond acceptors (Lipinski definition) is 21. The van der Waals surface area contributed by atoms with Crippen LogP contribution >= 0.6 is 0 Å². The van der Waals surface area contributed by atoms with Gasteiger partial charge in [-0.2, -0.15) is 0 Å². The number of nitrogens with one attached hydrogen (secondary N) is 6. The summed E-state index contributed by atoms with van der Waals surface area (Å²) in [7, 11) is 7.83. The van der Waals surface area contributed by atoms with Crippen molar-refractivity contribution in [1.82, 2.24) is 31.2 Å². The third kappa shape index (κ3) is 18.6. The standard InChI is InChI=1S/C81H103BN10O19/c1-12-79(9,82)54-41-59(95)92(74(54)101)33-15-13-14-31-84-75(102)81(29-18-30-81)76(103)88-55(21-17-32-85-77(83)104)73(100)86-51-24-22-50(23-25-51)42-107-78(105)87-52-26-34-91(35-27-52)53-39-56(94)63-58(40-53)110-70-64(89-63)60-61-66(96)48(7)69-62(60)71(98)80(10,111-69)108-36-28-57(106-11)47(6)68(109-49(8)93)46(5)38-44(3)37-43(2)19-16-20-45(4)72(99)90-65(70)67(61)97/h16,19-20,22-25,28,36,39-40,43-44,46-47,52,54-55,57,68,96,98H,12-15,17-18,21,26-27,29-35,37-38,41-42H2,1-11H3,(H,84,102)(H,86,100)(H,87,105)(H,88,103)(H,90,99)(H3,83,85,104)/b19-16+,36-28+,45-20-/t43-,44+,46+,47+,54?,55-,57-,68-,79?,80-/m0/s1. The summed E-state index contributed by atoms with van der Waals surface area (Å²) in [4.78, 5) is 157. The van der Waals surface area contributed by atoms with Crippen molar-refractivity contribution in [3.63, 3.8) is 0 Å². The third-order valence-electron chi connectivity index (χ3n) is 22.5. The summed E-state index contributed by atoms with van der Waals surface area (Å²) < 4.78 is 36.7. The van der Waals surface area contributed by atoms with Crippen LogP contribution in [0.2, 0.25) is 5.31 Å². The molecular weight excluding hydrogens is 1430 g/mol. The van der Waals surface area contributed by atoms with Crippen LogP contribution in [0.15, 0.2) is 86.5 Å². The monoisotopic (exact) mass is 1530 g/mol. The van der Waals surface area contributed by atoms with E-state index in [-0.39, 0.29) is 149 Å². The molecule has 111 heavy (non-hydrogen) atoms. The molecule has 5 aliphatic rings. The first-order valence-corrected chi connectivity index (χ1v) is 38.3. The number of hydrogen-bond donors (Lipinski definition) is 9. The van der Waals surface area contributed by atoms with Gasteiger partial charge in [-0.15, -0.1) is 0 Å². The zero-order chi connectivity index (χ0) is 80.6. The summed E-state index contributed by atoms with van der Waals surface area (Å²) in [6.45, 7) is 18.8. The zero-order valence-electron chi connectivity index (χ0n) is 65.0. The van der Waals surface area contributed by atoms with Crippen LogP contribution in [0.4, 0.5) is 26.7 Å². The van der Waals surface area contributed by atoms with Gasteiger partial charge in [0.05, 0.1) is 30.8 Å². The number of fused-ring (bicyclic) bond motifs is 5. The van der Waals surface area contributed by atoms with E-state index in [0.29, 0.717) is 81.4 Å². The second-order valence-corrected chi connectivity index (χ2v) is 30.9. The number of aliphatic hydroxyl groups is 1. The lowest BCUT2D eigenvalue weighted by Crippen LogP contribution is -2.58. The van der Waals surface area contributed by atoms with Gasteiger partial charge in [0.1, 0.15) is 46.9 Å². The third-order valence-corrected chi connectivity index (χ3v) is 22.5. The van der Waals surface area contributed by atoms with Crippen LogP contribution in [0.5, 0.6) is 11.5 Å². The van der Waals surface area contributed by atoms with Gasteiger partial charge in [-0.1, -0.05) is 90.1 Å². The molecule has 3 fully saturated rings. The topological polar surface area (TPSA) is 405 Å². The van der Waals surface area contributed by atoms with Crippen molar-refractivity contribution in [2.24, 2.45) is 40.7 Å². The number of imide groups is 1. The van der Waals surface area contributed by atoms with Gasteiger partial charge in [0.2, 0.25) is 40.4 Å². The molecule has 1 aromatic heterocycles. The number of esters is 1. The summed E-state index contributed by atoms with van der Waals surface area (Å²) in [5.41, 5.74) is 2.86. The number of aromatic nitrogens is 1. The Balaban J connectivity index is 0.795. The number of piperidine rings is 1. The zero-order valence-corrected chi connectivity index (χ0v) is 65.0. The average Bonchev–Trinajstić information content (AvgIpc) is 1.65. The van der Waals surface area contributed by atoms with Crippen molar-refractivity contribution >= 4 is 117 Å². The minimum atomic E-state index is -2.00. The highest BCUT2D eigenvalue weighted by molar-refractivity contribution is 6.19. The number of nitrogens with two attached hydrogens (primary N) is 1. The number of amides is 9. The summed E-state index contributed by atoms with van der Waals surface area (Å²) >= 11 is 0. The number of carbonyl (C=O) groups is 9. The van der Waals surface area contributed by atoms with Crippen LogP contribution in [-0.2, 0) is 59.1 Å². The predicted molar refractivity (Wildman–Crippen MR) is 417 cm³/mol. The maximum atomic E-state index is 15.2. The summed E-state index contributed by atoms with van der Waals surface area (Å²) in [6, 6.07) is 7.24. The number of aliphatic hydroxyl groups excluding tert-OH is 1. The number of primary amides is 1. The predicted octanol–water partition coefficient (Wildman–Crippen LogP) is 8.97. The molecule has 5 heterocycles. The number of unbranched alkanes of at least 4 members (excludes halogenated alkanes) is 2. The average molecular weight is 1530 g/mol. The van der Waals surface area contributed by atoms with Gasteiger partial charge in [0.15, 0.2) is 22.4 Å². The van der Waals surface area contributed by atoms with Crippen molar-refractivity contribution in [2.45, 2.75) is 201 Å². The van der Waals surface area contributed by atoms with Gasteiger partial charge in [-0.3, -0.25) is 48.1 Å². The highest BCUT2D eigenvalue weighted by Crippen LogP contribution is 2.45. The minimum Gasteiger partial charge on any atom is -0.507 e. The number of aromatic hydroxyl groups is 1. The molecule has 10 N–H and O–H groups in total. The van der Waals surface area contributed by atoms with E-state index in [1.165, 1.54) is 45.1 Å². The van der Waals surface area contributed by atoms with Crippen molar-refractivity contribution in [3.05, 3.63) is 109 Å². The molecule has 5 aromatic rings. The van der Waals surface area contributed by atoms with Gasteiger partial charge in [-0.25, -0.2) is 14.6 Å². The van der Waals surface area contributed by atoms with Gasteiger partial charge in [0.25, 0.3) is 5.91 Å². The summed E-state index contributed by atoms with van der Waals surface area (Å²) in [5, 5.41) is 39.7. The quantitative estimate of drug-likeness (QED) is 0.00560. The Kier molecular flexibility index (Phi) is 26.3. The first kappa shape index (κ1) is 83.0. The lowest BCUT2D eigenvalue weighted by Gasteiger charge is -2.39. The Labute approximate surface area is 645 Å². The molecule has 4 aromatic carbocycles. The number of urea groups is 1. The first-order valence-electron chi connectivity index (χ1n) is 38.3. The Morgan fingerprint density at radius 2 is 1.61 bits per heavy atom. The smallest absolute Gasteiger partial charge is 0.407 e. The normalized spacial score (nSPS) is 24.3. The molecule has 2 saturated heterocycles. The molecule has 1 aliphatic carbocycles. The summed E-state index contributed by atoms with van der Waals surface area (Å²) in [5.74, 6) is -7.28. The second-order valence-electron chi connectivity index (χ2n) is 30.9. The van der Waals surface area contributed by atoms with E-state index >= 15 is 4.79 Å². The van der Waals surface area contributed by atoms with Crippen LogP contribution in [0.1, 0.15) is 163 Å². The van der Waals surface area contributed by atoms with E-state index in [0.717, 1.165) is 6.42 Å². The van der Waals surface area contributed by atoms with Crippen LogP contribution in [0, 0.1) is 41.9 Å². The van der Waals surface area contributed by atoms with Gasteiger partial charge >= 0.3 is 23.9 Å². The number of allylic oxidation sites excluding steroid dienone is 3. The number of benzene rings is 4. The lowest BCUT2D eigenvalue weighted by molar-refractivity contribution is -0.155. The molecule has 2 radical (unpaired) electrons. The second kappa shape index (κ2) is 35.2.